The van der Waals surface area contributed by atoms with Gasteiger partial charge in [0.1, 0.15) is 0 Å². The van der Waals surface area contributed by atoms with E-state index in [9.17, 15) is 0 Å². The van der Waals surface area contributed by atoms with E-state index in [2.05, 4.69) is 192 Å². The van der Waals surface area contributed by atoms with Gasteiger partial charge in [-0.05, 0) is 106 Å². The van der Waals surface area contributed by atoms with Crippen molar-refractivity contribution >= 4 is 51.6 Å². The molecule has 0 aromatic heterocycles. The Bertz CT molecular complexity index is 2350. The molecule has 0 spiro atoms. The van der Waals surface area contributed by atoms with Crippen LogP contribution in [0, 0.1) is 17.3 Å². The standard InChI is InChI=1S/C51H53BN2/c1-34-40(51(5,6)7)30-32-47-48(34)52-41-33-37(50(2,3)4)29-31-44(41)53(42-25-16-14-23-38(42)35-19-10-8-11-20-35)45-27-18-28-46(49(45)52)54(47)43-26-17-15-24-39(43)36-21-12-9-13-22-36/h8-12,14-21,23-29,31,33-34,40H,13,22,30,32H2,1-7H3. The maximum Gasteiger partial charge on any atom is 0.247 e. The maximum atomic E-state index is 2.72. The van der Waals surface area contributed by atoms with Crippen LogP contribution in [-0.2, 0) is 5.41 Å². The molecule has 2 aliphatic heterocycles. The van der Waals surface area contributed by atoms with E-state index >= 15 is 0 Å². The van der Waals surface area contributed by atoms with Gasteiger partial charge in [-0.1, -0.05) is 157 Å². The summed E-state index contributed by atoms with van der Waals surface area (Å²) in [4.78, 5) is 5.31. The molecule has 270 valence electrons. The van der Waals surface area contributed by atoms with Crippen LogP contribution in [-0.4, -0.2) is 6.71 Å². The lowest BCUT2D eigenvalue weighted by Gasteiger charge is -2.51. The second-order valence-electron chi connectivity index (χ2n) is 18.1. The first kappa shape index (κ1) is 34.7. The van der Waals surface area contributed by atoms with E-state index in [1.165, 1.54) is 79.3 Å². The van der Waals surface area contributed by atoms with Crippen molar-refractivity contribution in [1.82, 2.24) is 0 Å². The van der Waals surface area contributed by atoms with Gasteiger partial charge in [0, 0.05) is 33.9 Å². The van der Waals surface area contributed by atoms with Crippen molar-refractivity contribution in [3.63, 3.8) is 0 Å². The maximum absolute atomic E-state index is 2.72. The minimum atomic E-state index is 0.0206. The average Bonchev–Trinajstić information content (AvgIpc) is 3.17. The normalized spacial score (nSPS) is 19.3. The molecular formula is C51H53BN2. The van der Waals surface area contributed by atoms with Crippen molar-refractivity contribution in [2.24, 2.45) is 17.3 Å². The number of para-hydroxylation sites is 2. The fourth-order valence-electron chi connectivity index (χ4n) is 10.3. The molecule has 54 heavy (non-hydrogen) atoms. The Labute approximate surface area is 324 Å². The lowest BCUT2D eigenvalue weighted by Crippen LogP contribution is -2.59. The minimum Gasteiger partial charge on any atom is -0.315 e. The Morgan fingerprint density at radius 2 is 1.28 bits per heavy atom. The van der Waals surface area contributed by atoms with Gasteiger partial charge in [0.05, 0.1) is 11.4 Å². The van der Waals surface area contributed by atoms with Crippen molar-refractivity contribution in [2.45, 2.75) is 79.6 Å². The summed E-state index contributed by atoms with van der Waals surface area (Å²) in [5.41, 5.74) is 19.3. The lowest BCUT2D eigenvalue weighted by atomic mass is 9.29. The third-order valence-corrected chi connectivity index (χ3v) is 12.8. The molecule has 9 rings (SSSR count). The number of fused-ring (bicyclic) bond motifs is 3. The van der Waals surface area contributed by atoms with Gasteiger partial charge >= 0.3 is 0 Å². The van der Waals surface area contributed by atoms with Gasteiger partial charge in [0.2, 0.25) is 6.71 Å². The third-order valence-electron chi connectivity index (χ3n) is 12.8. The summed E-state index contributed by atoms with van der Waals surface area (Å²) >= 11 is 0. The van der Waals surface area contributed by atoms with Crippen LogP contribution in [0.25, 0.3) is 16.7 Å². The Kier molecular flexibility index (Phi) is 8.41. The van der Waals surface area contributed by atoms with Crippen molar-refractivity contribution < 1.29 is 0 Å². The van der Waals surface area contributed by atoms with Crippen molar-refractivity contribution in [2.75, 3.05) is 9.80 Å². The number of hydrogen-bond acceptors (Lipinski definition) is 2. The summed E-state index contributed by atoms with van der Waals surface area (Å²) in [6.07, 6.45) is 11.3. The zero-order valence-corrected chi connectivity index (χ0v) is 33.2. The number of anilines is 5. The quantitative estimate of drug-likeness (QED) is 0.172. The third kappa shape index (κ3) is 5.62. The molecule has 4 aliphatic rings. The van der Waals surface area contributed by atoms with E-state index in [0.717, 1.165) is 19.3 Å². The summed E-state index contributed by atoms with van der Waals surface area (Å²) in [6, 6.07) is 43.7. The highest BCUT2D eigenvalue weighted by molar-refractivity contribution is 6.95. The van der Waals surface area contributed by atoms with E-state index in [4.69, 9.17) is 0 Å². The van der Waals surface area contributed by atoms with E-state index in [0.29, 0.717) is 11.8 Å². The van der Waals surface area contributed by atoms with E-state index < -0.39 is 0 Å². The molecule has 0 saturated heterocycles. The van der Waals surface area contributed by atoms with Crippen LogP contribution in [0.1, 0.15) is 85.3 Å². The van der Waals surface area contributed by atoms with Crippen molar-refractivity contribution in [3.05, 3.63) is 156 Å². The van der Waals surface area contributed by atoms with Crippen LogP contribution in [0.4, 0.5) is 28.4 Å². The van der Waals surface area contributed by atoms with Crippen LogP contribution in [0.2, 0.25) is 0 Å². The second-order valence-corrected chi connectivity index (χ2v) is 18.1. The van der Waals surface area contributed by atoms with Gasteiger partial charge in [-0.3, -0.25) is 0 Å². The zero-order valence-electron chi connectivity index (χ0n) is 33.2. The van der Waals surface area contributed by atoms with Gasteiger partial charge < -0.3 is 9.80 Å². The molecule has 0 amide bonds. The molecular weight excluding hydrogens is 651 g/mol. The Morgan fingerprint density at radius 1 is 0.630 bits per heavy atom. The van der Waals surface area contributed by atoms with Crippen LogP contribution < -0.4 is 20.7 Å². The number of rotatable bonds is 4. The highest BCUT2D eigenvalue weighted by Gasteiger charge is 2.50. The molecule has 0 N–H and O–H groups in total. The van der Waals surface area contributed by atoms with Gasteiger partial charge in [0.15, 0.2) is 0 Å². The topological polar surface area (TPSA) is 6.48 Å². The van der Waals surface area contributed by atoms with Gasteiger partial charge in [-0.2, -0.15) is 0 Å². The summed E-state index contributed by atoms with van der Waals surface area (Å²) < 4.78 is 0. The van der Waals surface area contributed by atoms with Crippen LogP contribution in [0.5, 0.6) is 0 Å². The highest BCUT2D eigenvalue weighted by Crippen LogP contribution is 2.54. The molecule has 0 radical (unpaired) electrons. The van der Waals surface area contributed by atoms with E-state index in [-0.39, 0.29) is 17.5 Å². The predicted octanol–water partition coefficient (Wildman–Crippen LogP) is 12.8. The SMILES string of the molecule is CC1C2=C(CCC1C(C)(C)C)N(c1ccccc1C1=CC=CCC1)c1cccc3c1B2c1cc(C(C)(C)C)ccc1N3c1ccccc1-c1ccccc1. The van der Waals surface area contributed by atoms with Crippen LogP contribution in [0.3, 0.4) is 0 Å². The Morgan fingerprint density at radius 3 is 1.96 bits per heavy atom. The Balaban J connectivity index is 1.38. The number of allylic oxidation sites excluding steroid dienone is 6. The minimum absolute atomic E-state index is 0.0206. The monoisotopic (exact) mass is 704 g/mol. The van der Waals surface area contributed by atoms with Crippen LogP contribution in [0.15, 0.2) is 145 Å². The molecule has 2 atom stereocenters. The molecule has 0 saturated carbocycles. The van der Waals surface area contributed by atoms with Crippen molar-refractivity contribution in [3.8, 4) is 11.1 Å². The smallest absolute Gasteiger partial charge is 0.247 e. The molecule has 0 fully saturated rings. The average molecular weight is 705 g/mol. The predicted molar refractivity (Wildman–Crippen MR) is 234 cm³/mol. The fraction of sp³-hybridized carbons (Fsp3) is 0.294. The van der Waals surface area contributed by atoms with Gasteiger partial charge in [0.25, 0.3) is 0 Å². The van der Waals surface area contributed by atoms with Crippen molar-refractivity contribution in [1.29, 1.82) is 0 Å². The summed E-state index contributed by atoms with van der Waals surface area (Å²) in [7, 11) is 0. The molecule has 5 aromatic carbocycles. The van der Waals surface area contributed by atoms with Gasteiger partial charge in [-0.15, -0.1) is 0 Å². The fourth-order valence-corrected chi connectivity index (χ4v) is 10.3. The molecule has 2 aliphatic carbocycles. The highest BCUT2D eigenvalue weighted by atomic mass is 15.2. The van der Waals surface area contributed by atoms with Crippen LogP contribution >= 0.6 is 0 Å². The molecule has 3 heteroatoms. The summed E-state index contributed by atoms with van der Waals surface area (Å²) in [6.45, 7) is 17.2. The largest absolute Gasteiger partial charge is 0.315 e. The first-order valence-corrected chi connectivity index (χ1v) is 20.2. The molecule has 5 aromatic rings. The Hall–Kier alpha value is -5.02. The first-order valence-electron chi connectivity index (χ1n) is 20.2. The van der Waals surface area contributed by atoms with Gasteiger partial charge in [-0.25, -0.2) is 0 Å². The molecule has 0 bridgehead atoms. The summed E-state index contributed by atoms with van der Waals surface area (Å²) in [5.74, 6) is 1.00. The molecule has 2 nitrogen and oxygen atoms in total. The summed E-state index contributed by atoms with van der Waals surface area (Å²) in [5, 5.41) is 0. The molecule has 2 unspecified atom stereocenters. The first-order chi connectivity index (χ1) is 26.0. The zero-order chi connectivity index (χ0) is 37.4. The van der Waals surface area contributed by atoms with E-state index in [1.54, 1.807) is 5.47 Å². The second kappa shape index (κ2) is 13.1. The number of hydrogen-bond donors (Lipinski definition) is 0. The molecule has 2 heterocycles. The number of nitrogens with zero attached hydrogens (tertiary/aromatic N) is 2. The number of benzene rings is 5. The lowest BCUT2D eigenvalue weighted by molar-refractivity contribution is 0.169. The van der Waals surface area contributed by atoms with E-state index in [1.807, 2.05) is 0 Å².